The van der Waals surface area contributed by atoms with E-state index >= 15 is 0 Å². The molecule has 1 aliphatic carbocycles. The van der Waals surface area contributed by atoms with E-state index in [1.165, 1.54) is 128 Å². The van der Waals surface area contributed by atoms with Crippen molar-refractivity contribution in [2.75, 3.05) is 0 Å². The third-order valence-corrected chi connectivity index (χ3v) is 25.4. The monoisotopic (exact) mass is 1560 g/mol. The number of nitrogens with one attached hydrogen (secondary N) is 4. The lowest BCUT2D eigenvalue weighted by molar-refractivity contribution is 0.401. The average molecular weight is 1560 g/mol. The third-order valence-electron chi connectivity index (χ3n) is 25.4. The number of imidazole rings is 4. The van der Waals surface area contributed by atoms with E-state index in [0.29, 0.717) is 118 Å². The predicted octanol–water partition coefficient (Wildman–Crippen LogP) is 30.4. The summed E-state index contributed by atoms with van der Waals surface area (Å²) in [6.45, 7) is 18.2. The molecular weight excluding hydrogens is 1440 g/mol. The Morgan fingerprint density at radius 2 is 0.371 bits per heavy atom. The van der Waals surface area contributed by atoms with E-state index in [1.807, 2.05) is 0 Å². The van der Waals surface area contributed by atoms with Crippen molar-refractivity contribution in [1.29, 1.82) is 0 Å². The number of rotatable bonds is 36. The lowest BCUT2D eigenvalue weighted by atomic mass is 9.77. The van der Waals surface area contributed by atoms with Crippen LogP contribution in [0.5, 0.6) is 92.0 Å². The number of fused-ring (bicyclic) bond motifs is 8. The maximum Gasteiger partial charge on any atom is 0.172 e. The molecule has 0 saturated carbocycles. The fourth-order valence-corrected chi connectivity index (χ4v) is 19.0. The Hall–Kier alpha value is -9.96. The molecule has 4 aromatic heterocycles. The molecule has 8 aromatic carbocycles. The van der Waals surface area contributed by atoms with Gasteiger partial charge < -0.3 is 57.8 Å². The summed E-state index contributed by atoms with van der Waals surface area (Å²) in [6, 6.07) is 34.7. The number of aromatic amines is 4. The fourth-order valence-electron chi connectivity index (χ4n) is 19.0. The predicted molar refractivity (Wildman–Crippen MR) is 466 cm³/mol. The number of ether oxygens (including phenoxy) is 8. The second-order valence-electron chi connectivity index (χ2n) is 33.9. The first-order valence-corrected chi connectivity index (χ1v) is 45.3. The van der Waals surface area contributed by atoms with Crippen molar-refractivity contribution in [3.8, 4) is 92.0 Å². The zero-order valence-corrected chi connectivity index (χ0v) is 70.1. The third kappa shape index (κ3) is 16.6. The van der Waals surface area contributed by atoms with Crippen molar-refractivity contribution in [3.05, 3.63) is 165 Å². The van der Waals surface area contributed by atoms with E-state index in [4.69, 9.17) is 57.8 Å². The Morgan fingerprint density at radius 1 is 0.198 bits per heavy atom. The lowest BCUT2D eigenvalue weighted by Crippen LogP contribution is -2.12. The summed E-state index contributed by atoms with van der Waals surface area (Å²) in [5.41, 5.74) is 14.7. The van der Waals surface area contributed by atoms with E-state index < -0.39 is 0 Å². The number of benzene rings is 8. The molecule has 8 bridgehead atoms. The number of hydrogen-bond acceptors (Lipinski definition) is 12. The Morgan fingerprint density at radius 3 is 0.552 bits per heavy atom. The Bertz CT molecular complexity index is 4550. The minimum absolute atomic E-state index is 0.291. The zero-order chi connectivity index (χ0) is 79.2. The molecule has 17 rings (SSSR count). The summed E-state index contributed by atoms with van der Waals surface area (Å²) in [5.74, 6) is 12.1. The van der Waals surface area contributed by atoms with E-state index in [2.05, 4.69) is 172 Å². The summed E-state index contributed by atoms with van der Waals surface area (Å²) in [5, 5.41) is 0. The van der Waals surface area contributed by atoms with Crippen LogP contribution in [0.3, 0.4) is 0 Å². The summed E-state index contributed by atoms with van der Waals surface area (Å²) < 4.78 is 61.2. The molecule has 608 valence electrons. The normalized spacial score (nSPS) is 16.0. The highest BCUT2D eigenvalue weighted by atomic mass is 16.5. The molecule has 0 fully saturated rings. The number of nitrogens with zero attached hydrogens (tertiary/aromatic N) is 4. The summed E-state index contributed by atoms with van der Waals surface area (Å²) in [7, 11) is 0. The number of H-pyrrole nitrogens is 4. The molecule has 5 aliphatic rings. The lowest BCUT2D eigenvalue weighted by Gasteiger charge is -2.29. The van der Waals surface area contributed by atoms with Gasteiger partial charge in [-0.25, -0.2) is 19.9 Å². The topological polar surface area (TPSA) is 189 Å². The van der Waals surface area contributed by atoms with Gasteiger partial charge in [-0.3, -0.25) is 0 Å². The molecule has 116 heavy (non-hydrogen) atoms. The number of aryl methyl sites for hydroxylation is 4. The number of unbranched alkanes of at least 4 members (excludes halogenated alkanes) is 24. The van der Waals surface area contributed by atoms with Crippen molar-refractivity contribution in [2.45, 2.75) is 310 Å². The molecule has 16 nitrogen and oxygen atoms in total. The molecular formula is C100H120N8O8. The number of aromatic nitrogens is 8. The van der Waals surface area contributed by atoms with Crippen LogP contribution < -0.4 is 37.9 Å². The van der Waals surface area contributed by atoms with Crippen molar-refractivity contribution in [2.24, 2.45) is 0 Å². The van der Waals surface area contributed by atoms with Crippen molar-refractivity contribution in [1.82, 2.24) is 39.9 Å². The van der Waals surface area contributed by atoms with Gasteiger partial charge in [0.15, 0.2) is 46.0 Å². The molecule has 4 unspecified atom stereocenters. The first kappa shape index (κ1) is 78.6. The Labute approximate surface area is 685 Å². The molecule has 0 radical (unpaired) electrons. The van der Waals surface area contributed by atoms with Crippen LogP contribution in [0.25, 0.3) is 44.1 Å². The smallest absolute Gasteiger partial charge is 0.172 e. The van der Waals surface area contributed by atoms with Crippen LogP contribution in [0.15, 0.2) is 97.1 Å². The second-order valence-corrected chi connectivity index (χ2v) is 33.9. The first-order valence-electron chi connectivity index (χ1n) is 45.3. The van der Waals surface area contributed by atoms with Gasteiger partial charge in [0.1, 0.15) is 69.3 Å². The summed E-state index contributed by atoms with van der Waals surface area (Å²) in [4.78, 5) is 36.2. The van der Waals surface area contributed by atoms with E-state index in [9.17, 15) is 0 Å². The molecule has 0 spiro atoms. The van der Waals surface area contributed by atoms with Crippen molar-refractivity contribution >= 4 is 44.1 Å². The maximum atomic E-state index is 7.66. The fraction of sp³-hybridized carbons (Fsp3) is 0.480. The first-order chi connectivity index (χ1) is 57.1. The summed E-state index contributed by atoms with van der Waals surface area (Å²) in [6.07, 6.45) is 40.2. The highest BCUT2D eigenvalue weighted by Crippen LogP contribution is 2.60. The molecule has 4 N–H and O–H groups in total. The quantitative estimate of drug-likeness (QED) is 0.0273. The molecule has 12 aromatic rings. The van der Waals surface area contributed by atoms with Gasteiger partial charge in [-0.05, 0) is 75.6 Å². The van der Waals surface area contributed by atoms with Crippen LogP contribution in [-0.2, 0) is 25.7 Å². The standard InChI is InChI=1S/C100H120N8O8/c1-9-17-21-25-29-33-37-41-97-101-73-49-89-90(50-74(73)102-97)110-82-58-84-68-46-66(82)61(13-5)65-45-67-62(14-6)69-47-71-64(16-8)72-48-70(63(68)15-7)86(114-94-54-78-76(52-92(94)112-84)104-99(106-78)43-39-35-31-27-23-19-11-3)60-88(72)116-96-56-80-79(107-100(108-80)44-40-36-32-28-24-20-12-4)55-95(96)115-87(71)59-85(69)113-93-53-77-75(51-91(93)111-83(67)57-81(65)109-89)103-98(105-77)42-38-34-30-26-22-18-10-2/h45-64H,9-44H2,1-8H3,(H,101,102)(H,103,105)(H,104,106)(H,107,108). The van der Waals surface area contributed by atoms with Crippen LogP contribution in [0, 0.1) is 0 Å². The molecule has 4 atom stereocenters. The van der Waals surface area contributed by atoms with E-state index in [1.54, 1.807) is 0 Å². The van der Waals surface area contributed by atoms with Gasteiger partial charge in [-0.2, -0.15) is 0 Å². The van der Waals surface area contributed by atoms with Gasteiger partial charge in [0.25, 0.3) is 0 Å². The summed E-state index contributed by atoms with van der Waals surface area (Å²) >= 11 is 0. The largest absolute Gasteiger partial charge is 0.453 e. The van der Waals surface area contributed by atoms with Gasteiger partial charge in [0.2, 0.25) is 0 Å². The zero-order valence-electron chi connectivity index (χ0n) is 70.1. The Balaban J connectivity index is 0.891. The Kier molecular flexibility index (Phi) is 24.3. The van der Waals surface area contributed by atoms with Crippen LogP contribution in [0.4, 0.5) is 0 Å². The van der Waals surface area contributed by atoms with Gasteiger partial charge in [-0.1, -0.05) is 209 Å². The van der Waals surface area contributed by atoms with Gasteiger partial charge in [-0.15, -0.1) is 0 Å². The minimum atomic E-state index is -0.292. The minimum Gasteiger partial charge on any atom is -0.453 e. The van der Waals surface area contributed by atoms with Gasteiger partial charge in [0.05, 0.1) is 44.1 Å². The van der Waals surface area contributed by atoms with Gasteiger partial charge in [0, 0.05) is 167 Å². The van der Waals surface area contributed by atoms with Crippen molar-refractivity contribution in [3.63, 3.8) is 0 Å². The van der Waals surface area contributed by atoms with Crippen molar-refractivity contribution < 1.29 is 37.9 Å². The maximum absolute atomic E-state index is 7.66. The van der Waals surface area contributed by atoms with Crippen LogP contribution in [-0.4, -0.2) is 39.9 Å². The van der Waals surface area contributed by atoms with Crippen LogP contribution in [0.1, 0.15) is 352 Å². The molecule has 4 aliphatic heterocycles. The SMILES string of the molecule is CCCCCCCCCc1nc2cc3c(cc2[nH]1)Oc1cc2c4cc1C(CC)c1cc5c(cc1O3)Oc1cc3nc(CCCCCCCCC)[nH]c3cc1Oc1cc3c(cc1C5CC)C(CC)c1cc(c(cc1Oc1cc5nc(CCCCCCCCC)[nH]c5cc1O3)Oc1cc3[nH]c(CCCCCCCCC)nc3cc1O2)C4CC. The second kappa shape index (κ2) is 35.9. The molecule has 0 saturated heterocycles. The van der Waals surface area contributed by atoms with Gasteiger partial charge >= 0.3 is 0 Å². The van der Waals surface area contributed by atoms with Crippen LogP contribution in [0.2, 0.25) is 0 Å². The highest BCUT2D eigenvalue weighted by molar-refractivity contribution is 5.85. The molecule has 16 heteroatoms. The average Bonchev–Trinajstić information content (AvgIpc) is 1.41. The highest BCUT2D eigenvalue weighted by Gasteiger charge is 2.39. The molecule has 0 amide bonds. The van der Waals surface area contributed by atoms with E-state index in [0.717, 1.165) is 189 Å². The number of hydrogen-bond donors (Lipinski definition) is 4. The van der Waals surface area contributed by atoms with E-state index in [-0.39, 0.29) is 23.7 Å². The van der Waals surface area contributed by atoms with Crippen LogP contribution >= 0.6 is 0 Å². The molecule has 8 heterocycles.